The van der Waals surface area contributed by atoms with Gasteiger partial charge in [0.1, 0.15) is 5.69 Å². The summed E-state index contributed by atoms with van der Waals surface area (Å²) in [6, 6.07) is 16.7. The lowest BCUT2D eigenvalue weighted by Gasteiger charge is -2.10. The fourth-order valence-electron chi connectivity index (χ4n) is 3.49. The fraction of sp³-hybridized carbons (Fsp3) is 0.125. The largest absolute Gasteiger partial charge is 0.490 e. The van der Waals surface area contributed by atoms with Crippen molar-refractivity contribution >= 4 is 28.1 Å². The van der Waals surface area contributed by atoms with Crippen LogP contribution in [0.25, 0.3) is 27.6 Å². The summed E-state index contributed by atoms with van der Waals surface area (Å²) in [5.74, 6) is -0.177. The number of nitrogens with zero attached hydrogens (tertiary/aromatic N) is 4. The maximum absolute atomic E-state index is 14.5. The first kappa shape index (κ1) is 20.7. The average Bonchev–Trinajstić information content (AvgIpc) is 3.42. The molecular weight excluding hydrogens is 443 g/mol. The van der Waals surface area contributed by atoms with Crippen LogP contribution < -0.4 is 4.74 Å². The van der Waals surface area contributed by atoms with Gasteiger partial charge in [0.2, 0.25) is 0 Å². The van der Waals surface area contributed by atoms with Crippen LogP contribution >= 0.6 is 23.1 Å². The Labute approximate surface area is 193 Å². The molecule has 0 radical (unpaired) electrons. The molecule has 0 aliphatic carbocycles. The highest BCUT2D eigenvalue weighted by atomic mass is 32.2. The minimum Gasteiger partial charge on any atom is -0.490 e. The second-order valence-electron chi connectivity index (χ2n) is 7.02. The summed E-state index contributed by atoms with van der Waals surface area (Å²) in [7, 11) is 0. The number of halogens is 1. The van der Waals surface area contributed by atoms with E-state index in [0.717, 1.165) is 33.2 Å². The number of aromatic nitrogens is 4. The van der Waals surface area contributed by atoms with Crippen molar-refractivity contribution in [1.82, 2.24) is 19.4 Å². The van der Waals surface area contributed by atoms with E-state index in [1.807, 2.05) is 58.6 Å². The van der Waals surface area contributed by atoms with Crippen molar-refractivity contribution in [3.63, 3.8) is 0 Å². The zero-order chi connectivity index (χ0) is 21.9. The van der Waals surface area contributed by atoms with Gasteiger partial charge in [0.05, 0.1) is 18.0 Å². The molecule has 32 heavy (non-hydrogen) atoms. The van der Waals surface area contributed by atoms with Crippen LogP contribution in [-0.2, 0) is 6.42 Å². The number of hydrogen-bond acceptors (Lipinski definition) is 6. The van der Waals surface area contributed by atoms with Gasteiger partial charge in [-0.15, -0.1) is 11.3 Å². The SMILES string of the molecule is CSc1nccc(-c2c(-c3ccc(F)c(OCCc4ccccc4)c3)nc3sccn23)n1. The van der Waals surface area contributed by atoms with Crippen LogP contribution in [0.15, 0.2) is 77.5 Å². The molecule has 0 aliphatic rings. The standard InChI is InChI=1S/C24H19FN4OS2/c1-31-23-26-11-9-19(27-23)22-21(28-24-29(22)12-14-32-24)17-7-8-18(25)20(15-17)30-13-10-16-5-3-2-4-6-16/h2-9,11-12,14-15H,10,13H2,1H3. The topological polar surface area (TPSA) is 52.3 Å². The van der Waals surface area contributed by atoms with Crippen molar-refractivity contribution in [2.75, 3.05) is 12.9 Å². The lowest BCUT2D eigenvalue weighted by Crippen LogP contribution is -2.03. The second kappa shape index (κ2) is 9.10. The van der Waals surface area contributed by atoms with Gasteiger partial charge < -0.3 is 4.74 Å². The average molecular weight is 463 g/mol. The Balaban J connectivity index is 1.50. The first-order chi connectivity index (χ1) is 15.7. The van der Waals surface area contributed by atoms with E-state index in [1.54, 1.807) is 18.3 Å². The molecule has 0 atom stereocenters. The van der Waals surface area contributed by atoms with Gasteiger partial charge in [-0.05, 0) is 36.1 Å². The first-order valence-electron chi connectivity index (χ1n) is 10.0. The smallest absolute Gasteiger partial charge is 0.194 e. The van der Waals surface area contributed by atoms with Gasteiger partial charge in [0, 0.05) is 29.8 Å². The van der Waals surface area contributed by atoms with Gasteiger partial charge in [-0.3, -0.25) is 4.40 Å². The Kier molecular flexibility index (Phi) is 5.87. The van der Waals surface area contributed by atoms with E-state index < -0.39 is 5.82 Å². The highest BCUT2D eigenvalue weighted by molar-refractivity contribution is 7.98. The molecule has 160 valence electrons. The summed E-state index contributed by atoms with van der Waals surface area (Å²) in [6.07, 6.45) is 6.35. The summed E-state index contributed by atoms with van der Waals surface area (Å²) in [5.41, 5.74) is 4.27. The van der Waals surface area contributed by atoms with Crippen molar-refractivity contribution < 1.29 is 9.13 Å². The highest BCUT2D eigenvalue weighted by Crippen LogP contribution is 2.35. The predicted molar refractivity (Wildman–Crippen MR) is 127 cm³/mol. The summed E-state index contributed by atoms with van der Waals surface area (Å²) in [6.45, 7) is 0.387. The van der Waals surface area contributed by atoms with Crippen molar-refractivity contribution in [3.05, 3.63) is 83.8 Å². The van der Waals surface area contributed by atoms with Gasteiger partial charge in [0.25, 0.3) is 0 Å². The number of imidazole rings is 1. The van der Waals surface area contributed by atoms with Crippen LogP contribution in [0.5, 0.6) is 5.75 Å². The second-order valence-corrected chi connectivity index (χ2v) is 8.67. The molecular formula is C24H19FN4OS2. The lowest BCUT2D eigenvalue weighted by molar-refractivity contribution is 0.305. The number of hydrogen-bond donors (Lipinski definition) is 0. The van der Waals surface area contributed by atoms with Gasteiger partial charge in [-0.2, -0.15) is 0 Å². The van der Waals surface area contributed by atoms with Crippen molar-refractivity contribution in [3.8, 4) is 28.4 Å². The molecule has 8 heteroatoms. The van der Waals surface area contributed by atoms with Gasteiger partial charge in [0.15, 0.2) is 21.7 Å². The Bertz CT molecular complexity index is 1370. The minimum absolute atomic E-state index is 0.216. The van der Waals surface area contributed by atoms with Crippen LogP contribution in [-0.4, -0.2) is 32.2 Å². The Hall–Kier alpha value is -3.23. The van der Waals surface area contributed by atoms with Crippen LogP contribution in [0.2, 0.25) is 0 Å². The van der Waals surface area contributed by atoms with Crippen LogP contribution in [0.1, 0.15) is 5.56 Å². The van der Waals surface area contributed by atoms with Gasteiger partial charge in [-0.1, -0.05) is 42.1 Å². The molecule has 0 saturated carbocycles. The fourth-order valence-corrected chi connectivity index (χ4v) is 4.56. The molecule has 5 nitrogen and oxygen atoms in total. The van der Waals surface area contributed by atoms with Crippen LogP contribution in [0, 0.1) is 5.82 Å². The number of benzene rings is 2. The Morgan fingerprint density at radius 1 is 1.09 bits per heavy atom. The first-order valence-corrected chi connectivity index (χ1v) is 12.1. The zero-order valence-corrected chi connectivity index (χ0v) is 18.9. The van der Waals surface area contributed by atoms with E-state index in [1.165, 1.54) is 29.2 Å². The lowest BCUT2D eigenvalue weighted by atomic mass is 10.1. The monoisotopic (exact) mass is 462 g/mol. The summed E-state index contributed by atoms with van der Waals surface area (Å²) < 4.78 is 22.3. The molecule has 5 aromatic rings. The highest BCUT2D eigenvalue weighted by Gasteiger charge is 2.19. The molecule has 3 aromatic heterocycles. The van der Waals surface area contributed by atoms with Crippen LogP contribution in [0.4, 0.5) is 4.39 Å². The van der Waals surface area contributed by atoms with E-state index >= 15 is 0 Å². The molecule has 0 unspecified atom stereocenters. The number of rotatable bonds is 7. The molecule has 0 aliphatic heterocycles. The molecule has 3 heterocycles. The number of fused-ring (bicyclic) bond motifs is 1. The number of ether oxygens (including phenoxy) is 1. The van der Waals surface area contributed by atoms with Gasteiger partial charge in [-0.25, -0.2) is 19.3 Å². The number of thiazole rings is 1. The third-order valence-corrected chi connectivity index (χ3v) is 6.33. The van der Waals surface area contributed by atoms with Crippen molar-refractivity contribution in [2.24, 2.45) is 0 Å². The van der Waals surface area contributed by atoms with E-state index in [9.17, 15) is 4.39 Å². The molecule has 0 amide bonds. The zero-order valence-electron chi connectivity index (χ0n) is 17.2. The summed E-state index contributed by atoms with van der Waals surface area (Å²) in [4.78, 5) is 14.6. The van der Waals surface area contributed by atoms with E-state index in [0.29, 0.717) is 18.2 Å². The molecule has 0 bridgehead atoms. The summed E-state index contributed by atoms with van der Waals surface area (Å²) in [5, 5.41) is 2.66. The molecule has 0 fully saturated rings. The Morgan fingerprint density at radius 3 is 2.81 bits per heavy atom. The molecule has 0 saturated heterocycles. The van der Waals surface area contributed by atoms with Gasteiger partial charge >= 0.3 is 0 Å². The molecule has 0 spiro atoms. The van der Waals surface area contributed by atoms with Crippen LogP contribution in [0.3, 0.4) is 0 Å². The van der Waals surface area contributed by atoms with E-state index in [-0.39, 0.29) is 5.75 Å². The minimum atomic E-state index is -0.393. The third-order valence-electron chi connectivity index (χ3n) is 5.02. The summed E-state index contributed by atoms with van der Waals surface area (Å²) >= 11 is 3.02. The van der Waals surface area contributed by atoms with Crippen molar-refractivity contribution in [1.29, 1.82) is 0 Å². The van der Waals surface area contributed by atoms with E-state index in [4.69, 9.17) is 9.72 Å². The number of thioether (sulfide) groups is 1. The molecule has 0 N–H and O–H groups in total. The third kappa shape index (κ3) is 4.11. The van der Waals surface area contributed by atoms with Crippen molar-refractivity contribution in [2.45, 2.75) is 11.6 Å². The molecule has 5 rings (SSSR count). The molecule has 2 aromatic carbocycles. The van der Waals surface area contributed by atoms with E-state index in [2.05, 4.69) is 9.97 Å². The Morgan fingerprint density at radius 2 is 1.97 bits per heavy atom. The maximum Gasteiger partial charge on any atom is 0.194 e. The normalized spacial score (nSPS) is 11.2. The maximum atomic E-state index is 14.5. The predicted octanol–water partition coefficient (Wildman–Crippen LogP) is 6.00. The quantitative estimate of drug-likeness (QED) is 0.219.